The van der Waals surface area contributed by atoms with E-state index in [9.17, 15) is 0 Å². The smallest absolute Gasteiger partial charge is 0.0755 e. The van der Waals surface area contributed by atoms with Crippen LogP contribution in [0.2, 0.25) is 0 Å². The zero-order valence-corrected chi connectivity index (χ0v) is 28.2. The van der Waals surface area contributed by atoms with Crippen LogP contribution in [-0.2, 0) is 0 Å². The van der Waals surface area contributed by atoms with Crippen molar-refractivity contribution in [3.05, 3.63) is 0 Å². The molecule has 0 spiro atoms. The van der Waals surface area contributed by atoms with E-state index in [1.807, 2.05) is 0 Å². The third-order valence-electron chi connectivity index (χ3n) is 2.29. The summed E-state index contributed by atoms with van der Waals surface area (Å²) in [6.07, 6.45) is 0. The quantitative estimate of drug-likeness (QED) is 0.188. The molecule has 0 fully saturated rings. The van der Waals surface area contributed by atoms with Gasteiger partial charge in [0.2, 0.25) is 0 Å². The van der Waals surface area contributed by atoms with Crippen LogP contribution in [-0.4, -0.2) is 119 Å². The molecule has 37 nitrogen and oxygen atoms in total. The summed E-state index contributed by atoms with van der Waals surface area (Å²) in [5.74, 6) is 0. The Morgan fingerprint density at radius 2 is 0.232 bits per heavy atom. The van der Waals surface area contributed by atoms with Crippen molar-refractivity contribution in [3.63, 3.8) is 0 Å². The normalized spacial score (nSPS) is 7.50. The van der Waals surface area contributed by atoms with Gasteiger partial charge in [-0.1, -0.05) is 0 Å². The Labute approximate surface area is 321 Å². The van der Waals surface area contributed by atoms with Crippen LogP contribution >= 0.6 is 0 Å². The van der Waals surface area contributed by atoms with Crippen LogP contribution in [0.5, 0.6) is 0 Å². The van der Waals surface area contributed by atoms with Crippen molar-refractivity contribution in [2.45, 2.75) is 20.8 Å². The molecule has 0 radical (unpaired) electrons. The summed E-state index contributed by atoms with van der Waals surface area (Å²) < 4.78 is 1.21. The summed E-state index contributed by atoms with van der Waals surface area (Å²) in [7, 11) is -32.7. The maximum atomic E-state index is 8.42. The summed E-state index contributed by atoms with van der Waals surface area (Å²) in [6, 6.07) is 0. The van der Waals surface area contributed by atoms with E-state index in [-0.39, 0.29) is 0 Å². The van der Waals surface area contributed by atoms with Crippen LogP contribution in [0.15, 0.2) is 0 Å². The molecular weight excluding hydrogens is 804 g/mol. The van der Waals surface area contributed by atoms with E-state index < -0.39 is 87.9 Å². The number of quaternary nitrogens is 1. The van der Waals surface area contributed by atoms with Gasteiger partial charge >= 0.3 is 0 Å². The number of hydrogen-bond donors (Lipinski definition) is 0. The molecule has 0 saturated heterocycles. The highest BCUT2D eigenvalue weighted by atomic mass is 16.6. The first-order valence-corrected chi connectivity index (χ1v) is 12.0. The van der Waals surface area contributed by atoms with E-state index in [4.69, 9.17) is 181 Å². The van der Waals surface area contributed by atoms with Gasteiger partial charge in [-0.15, -0.1) is 0 Å². The zero-order valence-electron chi connectivity index (χ0n) is 28.2. The average Bonchev–Trinajstić information content (AvgIpc) is 2.84. The molecule has 0 aliphatic carbocycles. The number of rotatable bonds is 3. The van der Waals surface area contributed by atoms with Gasteiger partial charge in [-0.05, 0) is 20.8 Å². The monoisotopic (exact) mass is 824 g/mol. The third-order valence-corrected chi connectivity index (χ3v) is 2.29. The van der Waals surface area contributed by atoms with Gasteiger partial charge < -0.3 is 185 Å². The summed E-state index contributed by atoms with van der Waals surface area (Å²) in [4.78, 5) is 0. The fourth-order valence-electron chi connectivity index (χ4n) is 0.671. The van der Waals surface area contributed by atoms with Crippen LogP contribution in [0, 0.1) is 0 Å². The van der Waals surface area contributed by atoms with E-state index in [1.54, 1.807) is 0 Å². The van der Waals surface area contributed by atoms with Crippen molar-refractivity contribution in [2.24, 2.45) is 0 Å². The Morgan fingerprint density at radius 3 is 0.232 bits per heavy atom. The molecule has 0 aromatic heterocycles. The zero-order chi connectivity index (χ0) is 49.5. The van der Waals surface area contributed by atoms with Crippen LogP contribution in [0.25, 0.3) is 0 Å². The minimum absolute atomic E-state index is 1.21. The fourth-order valence-corrected chi connectivity index (χ4v) is 0.671. The molecule has 0 unspecified atom stereocenters. The lowest BCUT2D eigenvalue weighted by Crippen LogP contribution is -2.56. The molecule has 0 amide bonds. The molecule has 0 heterocycles. The molecule has 56 heavy (non-hydrogen) atoms. The Balaban J connectivity index is -0.0000000328. The van der Waals surface area contributed by atoms with Gasteiger partial charge in [0, 0.05) is 0 Å². The second-order valence-corrected chi connectivity index (χ2v) is 6.03. The summed E-state index contributed by atoms with van der Waals surface area (Å²) >= 11 is 0. The summed E-state index contributed by atoms with van der Waals surface area (Å²) in [5, 5.41) is 303. The topological polar surface area (TPSA) is 830 Å². The highest BCUT2D eigenvalue weighted by Gasteiger charge is 2.10. The molecule has 0 bridgehead atoms. The van der Waals surface area contributed by atoms with Crippen LogP contribution in [0.1, 0.15) is 20.8 Å². The van der Waals surface area contributed by atoms with Gasteiger partial charge in [0.1, 0.15) is 0 Å². The highest BCUT2D eigenvalue weighted by molar-refractivity contribution is 6.26. The maximum absolute atomic E-state index is 8.42. The molecule has 338 valence electrons. The van der Waals surface area contributed by atoms with Gasteiger partial charge in [-0.25, -0.2) is 0 Å². The SMILES string of the molecule is CC[N+](C)(CC)CC.[O-]B([O-])[O-].[O-]B([O-])[O-].[O-]B([O-])[O-].[O-]B([O-])[O-].[O-]B([O-])[O-].[O-]B([O-])[O-].[O-]B([O-])[O-].[O-]B([O-])[O-].[O-]B([O-])[O-].[O-]B([O-])[O-].[O-]B([O-])[O-].[O-]B([O-])[O-]. The van der Waals surface area contributed by atoms with Gasteiger partial charge in [-0.2, -0.15) is 0 Å². The Morgan fingerprint density at radius 1 is 0.196 bits per heavy atom. The molecule has 0 aromatic rings. The number of hydrogen-bond acceptors (Lipinski definition) is 36. The van der Waals surface area contributed by atoms with E-state index in [0.29, 0.717) is 0 Å². The summed E-state index contributed by atoms with van der Waals surface area (Å²) in [6.45, 7) is 10.5. The van der Waals surface area contributed by atoms with Gasteiger partial charge in [0.05, 0.1) is 26.7 Å². The van der Waals surface area contributed by atoms with Crippen molar-refractivity contribution in [1.82, 2.24) is 0 Å². The second kappa shape index (κ2) is 78.6. The lowest BCUT2D eigenvalue weighted by molar-refractivity contribution is -0.904. The Hall–Kier alpha value is -0.701. The predicted molar refractivity (Wildman–Crippen MR) is 107 cm³/mol. The lowest BCUT2D eigenvalue weighted by atomic mass is 10.3. The van der Waals surface area contributed by atoms with Crippen LogP contribution in [0.4, 0.5) is 0 Å². The van der Waals surface area contributed by atoms with Crippen molar-refractivity contribution in [3.8, 4) is 0 Å². The van der Waals surface area contributed by atoms with E-state index >= 15 is 0 Å². The van der Waals surface area contributed by atoms with Crippen LogP contribution < -0.4 is 181 Å². The first-order valence-electron chi connectivity index (χ1n) is 12.0. The van der Waals surface area contributed by atoms with Crippen LogP contribution in [0.3, 0.4) is 0 Å². The van der Waals surface area contributed by atoms with Gasteiger partial charge in [0.25, 0.3) is 0 Å². The highest BCUT2D eigenvalue weighted by Crippen LogP contribution is 1.97. The standard InChI is InChI=1S/C7H18N.12BO3/c1-5-8(4,6-2)7-3;12*2-1(3)4/h5-7H2,1-4H3;;;;;;;;;;;;/q+1;12*-3. The molecule has 0 aliphatic heterocycles. The van der Waals surface area contributed by atoms with Crippen molar-refractivity contribution >= 4 is 87.9 Å². The minimum Gasteiger partial charge on any atom is -0.907 e. The molecule has 0 aliphatic rings. The maximum Gasteiger partial charge on any atom is 0.0755 e. The molecule has 0 N–H and O–H groups in total. The largest absolute Gasteiger partial charge is 0.907 e. The molecule has 0 saturated carbocycles. The van der Waals surface area contributed by atoms with E-state index in [1.165, 1.54) is 24.1 Å². The third kappa shape index (κ3) is 2120. The average molecular weight is 822 g/mol. The van der Waals surface area contributed by atoms with Crippen molar-refractivity contribution < 1.29 is 185 Å². The van der Waals surface area contributed by atoms with E-state index in [0.717, 1.165) is 0 Å². The van der Waals surface area contributed by atoms with Crippen molar-refractivity contribution in [2.75, 3.05) is 26.7 Å². The lowest BCUT2D eigenvalue weighted by Gasteiger charge is -2.35. The Kier molecular flexibility index (Phi) is 128. The molecule has 0 rings (SSSR count). The second-order valence-electron chi connectivity index (χ2n) is 6.03. The summed E-state index contributed by atoms with van der Waals surface area (Å²) in [5.41, 5.74) is 0. The minimum atomic E-state index is -2.92. The molecular formula is C7H18B12NO36-35. The van der Waals surface area contributed by atoms with Crippen molar-refractivity contribution in [1.29, 1.82) is 0 Å². The first-order chi connectivity index (χ1) is 24.5. The molecule has 0 aromatic carbocycles. The first kappa shape index (κ1) is 91.1. The molecule has 0 atom stereocenters. The van der Waals surface area contributed by atoms with Gasteiger partial charge in [-0.3, -0.25) is 87.9 Å². The molecule has 49 heteroatoms. The Bertz CT molecular complexity index is 370. The predicted octanol–water partition coefficient (Wildman–Crippen LogP) is -45.9. The fraction of sp³-hybridized carbons (Fsp3) is 1.00. The number of nitrogens with zero attached hydrogens (tertiary/aromatic N) is 1. The van der Waals surface area contributed by atoms with Gasteiger partial charge in [0.15, 0.2) is 0 Å². The van der Waals surface area contributed by atoms with E-state index in [2.05, 4.69) is 27.8 Å².